The molecule has 2 rings (SSSR count). The first kappa shape index (κ1) is 14.0. The van der Waals surface area contributed by atoms with E-state index in [4.69, 9.17) is 0 Å². The van der Waals surface area contributed by atoms with Crippen molar-refractivity contribution < 1.29 is 0 Å². The average molecular weight is 344 g/mol. The molecule has 1 unspecified atom stereocenters. The standard InChI is InChI=1S/C12H14BrN3S2/c1-7(14-3)10-5-4-9(6-11(10)13)17-12-15-8(2)16-18-12/h4-7,14H,1-3H3. The lowest BCUT2D eigenvalue weighted by Crippen LogP contribution is -2.12. The fourth-order valence-corrected chi connectivity index (χ4v) is 4.04. The van der Waals surface area contributed by atoms with Crippen molar-refractivity contribution >= 4 is 39.2 Å². The van der Waals surface area contributed by atoms with Crippen LogP contribution in [-0.4, -0.2) is 16.4 Å². The van der Waals surface area contributed by atoms with Gasteiger partial charge >= 0.3 is 0 Å². The lowest BCUT2D eigenvalue weighted by atomic mass is 10.1. The normalized spacial score (nSPS) is 12.7. The van der Waals surface area contributed by atoms with Crippen LogP contribution >= 0.6 is 39.2 Å². The van der Waals surface area contributed by atoms with Crippen LogP contribution in [0, 0.1) is 6.92 Å². The van der Waals surface area contributed by atoms with E-state index in [1.165, 1.54) is 22.0 Å². The molecule has 6 heteroatoms. The highest BCUT2D eigenvalue weighted by Gasteiger charge is 2.09. The van der Waals surface area contributed by atoms with Gasteiger partial charge < -0.3 is 5.32 Å². The number of nitrogens with one attached hydrogen (secondary N) is 1. The van der Waals surface area contributed by atoms with Crippen molar-refractivity contribution in [2.24, 2.45) is 0 Å². The largest absolute Gasteiger partial charge is 0.313 e. The van der Waals surface area contributed by atoms with Gasteiger partial charge in [0.1, 0.15) is 5.82 Å². The molecule has 3 nitrogen and oxygen atoms in total. The van der Waals surface area contributed by atoms with Crippen molar-refractivity contribution in [1.82, 2.24) is 14.7 Å². The molecule has 0 amide bonds. The van der Waals surface area contributed by atoms with Gasteiger partial charge in [0.25, 0.3) is 0 Å². The van der Waals surface area contributed by atoms with Crippen LogP contribution in [0.1, 0.15) is 24.4 Å². The molecule has 18 heavy (non-hydrogen) atoms. The predicted octanol–water partition coefficient (Wildman–Crippen LogP) is 4.04. The van der Waals surface area contributed by atoms with Gasteiger partial charge in [0.15, 0.2) is 4.34 Å². The summed E-state index contributed by atoms with van der Waals surface area (Å²) >= 11 is 6.71. The number of halogens is 1. The summed E-state index contributed by atoms with van der Waals surface area (Å²) in [6, 6.07) is 6.73. The summed E-state index contributed by atoms with van der Waals surface area (Å²) in [4.78, 5) is 5.52. The molecule has 96 valence electrons. The molecule has 0 bridgehead atoms. The third-order valence-corrected chi connectivity index (χ3v) is 5.10. The number of rotatable bonds is 4. The zero-order chi connectivity index (χ0) is 13.1. The minimum Gasteiger partial charge on any atom is -0.313 e. The van der Waals surface area contributed by atoms with Crippen molar-refractivity contribution in [2.45, 2.75) is 29.1 Å². The van der Waals surface area contributed by atoms with Gasteiger partial charge in [0.05, 0.1) is 0 Å². The highest BCUT2D eigenvalue weighted by molar-refractivity contribution is 9.10. The van der Waals surface area contributed by atoms with E-state index < -0.39 is 0 Å². The summed E-state index contributed by atoms with van der Waals surface area (Å²) in [7, 11) is 1.96. The zero-order valence-electron chi connectivity index (χ0n) is 10.4. The predicted molar refractivity (Wildman–Crippen MR) is 80.4 cm³/mol. The van der Waals surface area contributed by atoms with Gasteiger partial charge in [-0.25, -0.2) is 4.98 Å². The molecular formula is C12H14BrN3S2. The minimum atomic E-state index is 0.335. The lowest BCUT2D eigenvalue weighted by molar-refractivity contribution is 0.649. The zero-order valence-corrected chi connectivity index (χ0v) is 13.6. The van der Waals surface area contributed by atoms with Crippen LogP contribution in [0.2, 0.25) is 0 Å². The van der Waals surface area contributed by atoms with Gasteiger partial charge in [0, 0.05) is 15.4 Å². The van der Waals surface area contributed by atoms with Crippen molar-refractivity contribution in [1.29, 1.82) is 0 Å². The maximum Gasteiger partial charge on any atom is 0.174 e. The fourth-order valence-electron chi connectivity index (χ4n) is 1.50. The van der Waals surface area contributed by atoms with Crippen molar-refractivity contribution in [3.05, 3.63) is 34.1 Å². The molecule has 0 aliphatic carbocycles. The Balaban J connectivity index is 2.18. The molecule has 2 aromatic rings. The lowest BCUT2D eigenvalue weighted by Gasteiger charge is -2.13. The van der Waals surface area contributed by atoms with Gasteiger partial charge in [0.2, 0.25) is 0 Å². The Kier molecular flexibility index (Phi) is 4.77. The summed E-state index contributed by atoms with van der Waals surface area (Å²) in [5.41, 5.74) is 1.26. The van der Waals surface area contributed by atoms with E-state index in [1.54, 1.807) is 11.8 Å². The summed E-state index contributed by atoms with van der Waals surface area (Å²) in [5.74, 6) is 0.835. The molecule has 0 fully saturated rings. The summed E-state index contributed by atoms with van der Waals surface area (Å²) in [5, 5.41) is 3.24. The summed E-state index contributed by atoms with van der Waals surface area (Å²) in [6.07, 6.45) is 0. The fraction of sp³-hybridized carbons (Fsp3) is 0.333. The topological polar surface area (TPSA) is 37.8 Å². The molecular weight excluding hydrogens is 330 g/mol. The summed E-state index contributed by atoms with van der Waals surface area (Å²) in [6.45, 7) is 4.05. The highest BCUT2D eigenvalue weighted by atomic mass is 79.9. The summed E-state index contributed by atoms with van der Waals surface area (Å²) < 4.78 is 6.28. The molecule has 0 aliphatic rings. The van der Waals surface area contributed by atoms with E-state index >= 15 is 0 Å². The van der Waals surface area contributed by atoms with E-state index in [2.05, 4.69) is 55.7 Å². The molecule has 1 N–H and O–H groups in total. The van der Waals surface area contributed by atoms with Gasteiger partial charge in [-0.05, 0) is 50.1 Å². The van der Waals surface area contributed by atoms with Gasteiger partial charge in [-0.15, -0.1) is 0 Å². The number of aromatic nitrogens is 2. The smallest absolute Gasteiger partial charge is 0.174 e. The van der Waals surface area contributed by atoms with E-state index in [9.17, 15) is 0 Å². The first-order valence-corrected chi connectivity index (χ1v) is 7.93. The monoisotopic (exact) mass is 343 g/mol. The van der Waals surface area contributed by atoms with Crippen molar-refractivity contribution in [3.8, 4) is 0 Å². The Hall–Kier alpha value is -0.430. The number of nitrogens with zero attached hydrogens (tertiary/aromatic N) is 2. The highest BCUT2D eigenvalue weighted by Crippen LogP contribution is 2.33. The van der Waals surface area contributed by atoms with Crippen LogP contribution in [0.5, 0.6) is 0 Å². The molecule has 0 aliphatic heterocycles. The molecule has 0 saturated heterocycles. The number of benzene rings is 1. The quantitative estimate of drug-likeness (QED) is 0.908. The van der Waals surface area contributed by atoms with Crippen LogP contribution in [0.3, 0.4) is 0 Å². The molecule has 1 heterocycles. The molecule has 1 aromatic heterocycles. The Bertz CT molecular complexity index is 542. The Morgan fingerprint density at radius 2 is 2.22 bits per heavy atom. The van der Waals surface area contributed by atoms with E-state index in [0.717, 1.165) is 14.6 Å². The maximum absolute atomic E-state index is 4.35. The van der Waals surface area contributed by atoms with Crippen LogP contribution in [0.25, 0.3) is 0 Å². The first-order chi connectivity index (χ1) is 8.60. The average Bonchev–Trinajstić information content (AvgIpc) is 2.74. The molecule has 0 radical (unpaired) electrons. The second-order valence-electron chi connectivity index (χ2n) is 3.90. The molecule has 0 saturated carbocycles. The Morgan fingerprint density at radius 1 is 1.44 bits per heavy atom. The third kappa shape index (κ3) is 3.32. The SMILES string of the molecule is CNC(C)c1ccc(Sc2nc(C)ns2)cc1Br. The van der Waals surface area contributed by atoms with Gasteiger partial charge in [-0.1, -0.05) is 33.8 Å². The van der Waals surface area contributed by atoms with Gasteiger partial charge in [-0.2, -0.15) is 4.37 Å². The van der Waals surface area contributed by atoms with Crippen LogP contribution in [0.4, 0.5) is 0 Å². The first-order valence-electron chi connectivity index (χ1n) is 5.55. The number of hydrogen-bond acceptors (Lipinski definition) is 5. The molecule has 1 aromatic carbocycles. The maximum atomic E-state index is 4.35. The van der Waals surface area contributed by atoms with E-state index in [-0.39, 0.29) is 0 Å². The van der Waals surface area contributed by atoms with Crippen LogP contribution in [-0.2, 0) is 0 Å². The second-order valence-corrected chi connectivity index (χ2v) is 6.83. The Morgan fingerprint density at radius 3 is 2.78 bits per heavy atom. The van der Waals surface area contributed by atoms with Crippen molar-refractivity contribution in [2.75, 3.05) is 7.05 Å². The Labute approximate surface area is 124 Å². The van der Waals surface area contributed by atoms with E-state index in [1.807, 2.05) is 14.0 Å². The third-order valence-electron chi connectivity index (χ3n) is 2.59. The van der Waals surface area contributed by atoms with Crippen LogP contribution < -0.4 is 5.32 Å². The van der Waals surface area contributed by atoms with Crippen molar-refractivity contribution in [3.63, 3.8) is 0 Å². The number of aryl methyl sites for hydroxylation is 1. The number of hydrogen-bond donors (Lipinski definition) is 1. The minimum absolute atomic E-state index is 0.335. The molecule has 0 spiro atoms. The molecule has 1 atom stereocenters. The van der Waals surface area contributed by atoms with E-state index in [0.29, 0.717) is 6.04 Å². The van der Waals surface area contributed by atoms with Crippen LogP contribution in [0.15, 0.2) is 31.9 Å². The van der Waals surface area contributed by atoms with Gasteiger partial charge in [-0.3, -0.25) is 0 Å². The second kappa shape index (κ2) is 6.14.